The van der Waals surface area contributed by atoms with E-state index in [1.54, 1.807) is 12.4 Å². The van der Waals surface area contributed by atoms with Crippen LogP contribution in [0.1, 0.15) is 5.82 Å². The number of hydrogen-bond donors (Lipinski definition) is 0. The van der Waals surface area contributed by atoms with Crippen LogP contribution >= 0.6 is 15.9 Å². The van der Waals surface area contributed by atoms with Gasteiger partial charge in [0, 0.05) is 12.4 Å². The van der Waals surface area contributed by atoms with Gasteiger partial charge >= 0.3 is 0 Å². The number of hydrogen-bond acceptors (Lipinski definition) is 5. The first-order chi connectivity index (χ1) is 6.79. The fraction of sp³-hybridized carbons (Fsp3) is 0. The number of aromatic nitrogens is 5. The lowest BCUT2D eigenvalue weighted by Crippen LogP contribution is -2.00. The van der Waals surface area contributed by atoms with Gasteiger partial charge in [0.15, 0.2) is 0 Å². The van der Waals surface area contributed by atoms with Crippen molar-refractivity contribution in [3.05, 3.63) is 29.0 Å². The molecule has 0 aliphatic heterocycles. The van der Waals surface area contributed by atoms with Crippen LogP contribution in [0.2, 0.25) is 0 Å². The summed E-state index contributed by atoms with van der Waals surface area (Å²) < 4.78 is 2.12. The average molecular weight is 251 g/mol. The summed E-state index contributed by atoms with van der Waals surface area (Å²) in [4.78, 5) is 11.7. The molecule has 0 N–H and O–H groups in total. The second-order valence-corrected chi connectivity index (χ2v) is 3.24. The summed E-state index contributed by atoms with van der Waals surface area (Å²) in [6.07, 6.45) is 4.58. The Hall–Kier alpha value is -1.81. The van der Waals surface area contributed by atoms with Crippen LogP contribution in [-0.2, 0) is 0 Å². The quantitative estimate of drug-likeness (QED) is 0.744. The van der Waals surface area contributed by atoms with E-state index in [1.807, 2.05) is 6.07 Å². The molecule has 68 valence electrons. The largest absolute Gasteiger partial charge is 0.252 e. The first-order valence-corrected chi connectivity index (χ1v) is 4.38. The highest BCUT2D eigenvalue weighted by molar-refractivity contribution is 9.10. The Bertz CT molecular complexity index is 482. The highest BCUT2D eigenvalue weighted by Gasteiger charge is 2.03. The van der Waals surface area contributed by atoms with Crippen LogP contribution in [0.5, 0.6) is 0 Å². The van der Waals surface area contributed by atoms with Crippen molar-refractivity contribution in [1.29, 1.82) is 5.26 Å². The third kappa shape index (κ3) is 1.60. The summed E-state index contributed by atoms with van der Waals surface area (Å²) in [5.41, 5.74) is 0. The van der Waals surface area contributed by atoms with Gasteiger partial charge in [-0.2, -0.15) is 9.94 Å². The van der Waals surface area contributed by atoms with E-state index >= 15 is 0 Å². The minimum absolute atomic E-state index is 0.0940. The minimum atomic E-state index is 0.0940. The number of nitriles is 1. The van der Waals surface area contributed by atoms with Crippen LogP contribution in [0, 0.1) is 11.3 Å². The Balaban J connectivity index is 2.40. The van der Waals surface area contributed by atoms with Crippen LogP contribution in [0.25, 0.3) is 5.95 Å². The molecule has 0 aliphatic rings. The molecule has 0 saturated heterocycles. The third-order valence-electron chi connectivity index (χ3n) is 1.40. The van der Waals surface area contributed by atoms with Gasteiger partial charge in [-0.1, -0.05) is 0 Å². The lowest BCUT2D eigenvalue weighted by molar-refractivity contribution is 0.801. The smallest absolute Gasteiger partial charge is 0.218 e. The van der Waals surface area contributed by atoms with Crippen molar-refractivity contribution in [3.63, 3.8) is 0 Å². The van der Waals surface area contributed by atoms with Gasteiger partial charge in [0.2, 0.25) is 0 Å². The first-order valence-electron chi connectivity index (χ1n) is 3.59. The molecule has 0 bridgehead atoms. The molecule has 0 amide bonds. The van der Waals surface area contributed by atoms with E-state index in [4.69, 9.17) is 5.26 Å². The number of nitrogens with zero attached hydrogens (tertiary/aromatic N) is 6. The predicted molar refractivity (Wildman–Crippen MR) is 49.4 cm³/mol. The Labute approximate surface area is 87.4 Å². The lowest BCUT2D eigenvalue weighted by Gasteiger charge is -1.95. The van der Waals surface area contributed by atoms with Gasteiger partial charge in [0.25, 0.3) is 11.8 Å². The van der Waals surface area contributed by atoms with E-state index in [1.165, 1.54) is 11.0 Å². The Morgan fingerprint density at radius 1 is 1.29 bits per heavy atom. The molecule has 2 aromatic heterocycles. The van der Waals surface area contributed by atoms with Gasteiger partial charge in [-0.3, -0.25) is 0 Å². The Kier molecular flexibility index (Phi) is 2.20. The summed E-state index contributed by atoms with van der Waals surface area (Å²) in [6, 6.07) is 1.82. The molecule has 0 fully saturated rings. The number of halogens is 1. The molecule has 0 aromatic carbocycles. The van der Waals surface area contributed by atoms with Crippen molar-refractivity contribution < 1.29 is 0 Å². The molecule has 0 aliphatic carbocycles. The molecule has 0 radical (unpaired) electrons. The van der Waals surface area contributed by atoms with Crippen LogP contribution in [0.15, 0.2) is 23.2 Å². The van der Waals surface area contributed by atoms with E-state index in [2.05, 4.69) is 36.0 Å². The van der Waals surface area contributed by atoms with Crippen molar-refractivity contribution in [2.24, 2.45) is 0 Å². The molecule has 0 unspecified atom stereocenters. The van der Waals surface area contributed by atoms with Gasteiger partial charge in [0.05, 0.1) is 4.47 Å². The first kappa shape index (κ1) is 8.77. The zero-order valence-electron chi connectivity index (χ0n) is 6.79. The third-order valence-corrected chi connectivity index (χ3v) is 1.81. The van der Waals surface area contributed by atoms with Crippen LogP contribution in [-0.4, -0.2) is 24.7 Å². The van der Waals surface area contributed by atoms with Crippen LogP contribution in [0.3, 0.4) is 0 Å². The molecule has 14 heavy (non-hydrogen) atoms. The van der Waals surface area contributed by atoms with E-state index in [0.29, 0.717) is 5.95 Å². The molecule has 0 saturated carbocycles. The molecular weight excluding hydrogens is 248 g/mol. The van der Waals surface area contributed by atoms with Gasteiger partial charge in [-0.05, 0) is 15.9 Å². The highest BCUT2D eigenvalue weighted by Crippen LogP contribution is 2.06. The Morgan fingerprint density at radius 3 is 2.57 bits per heavy atom. The van der Waals surface area contributed by atoms with Crippen LogP contribution < -0.4 is 0 Å². The summed E-state index contributed by atoms with van der Waals surface area (Å²) in [5.74, 6) is 0.471. The predicted octanol–water partition coefficient (Wildman–Crippen LogP) is 0.691. The summed E-state index contributed by atoms with van der Waals surface area (Å²) in [5, 5.41) is 12.3. The normalized spacial score (nSPS) is 9.71. The SMILES string of the molecule is N#Cc1ncn(-c2ncc(Br)cn2)n1. The molecule has 0 spiro atoms. The zero-order chi connectivity index (χ0) is 9.97. The van der Waals surface area contributed by atoms with E-state index in [0.717, 1.165) is 4.47 Å². The molecular formula is C7H3BrN6. The molecule has 6 nitrogen and oxygen atoms in total. The van der Waals surface area contributed by atoms with Crippen molar-refractivity contribution in [1.82, 2.24) is 24.7 Å². The average Bonchev–Trinajstić information content (AvgIpc) is 2.67. The monoisotopic (exact) mass is 250 g/mol. The molecule has 2 aromatic rings. The standard InChI is InChI=1S/C7H3BrN6/c8-5-2-10-7(11-3-5)14-4-12-6(1-9)13-14/h2-4H. The van der Waals surface area contributed by atoms with Gasteiger partial charge in [-0.25, -0.2) is 15.0 Å². The summed E-state index contributed by atoms with van der Waals surface area (Å²) in [6.45, 7) is 0. The van der Waals surface area contributed by atoms with Gasteiger partial charge in [0.1, 0.15) is 12.4 Å². The second kappa shape index (κ2) is 3.51. The highest BCUT2D eigenvalue weighted by atomic mass is 79.9. The maximum absolute atomic E-state index is 8.51. The van der Waals surface area contributed by atoms with Crippen LogP contribution in [0.4, 0.5) is 0 Å². The van der Waals surface area contributed by atoms with Gasteiger partial charge in [-0.15, -0.1) is 5.10 Å². The fourth-order valence-corrected chi connectivity index (χ4v) is 1.04. The lowest BCUT2D eigenvalue weighted by atomic mass is 10.7. The van der Waals surface area contributed by atoms with E-state index < -0.39 is 0 Å². The zero-order valence-corrected chi connectivity index (χ0v) is 8.38. The topological polar surface area (TPSA) is 80.3 Å². The number of rotatable bonds is 1. The summed E-state index contributed by atoms with van der Waals surface area (Å²) >= 11 is 3.21. The summed E-state index contributed by atoms with van der Waals surface area (Å²) in [7, 11) is 0. The Morgan fingerprint density at radius 2 is 2.00 bits per heavy atom. The fourth-order valence-electron chi connectivity index (χ4n) is 0.834. The van der Waals surface area contributed by atoms with E-state index in [-0.39, 0.29) is 5.82 Å². The van der Waals surface area contributed by atoms with E-state index in [9.17, 15) is 0 Å². The molecule has 2 heterocycles. The maximum atomic E-state index is 8.51. The molecule has 2 rings (SSSR count). The molecule has 7 heteroatoms. The maximum Gasteiger partial charge on any atom is 0.252 e. The van der Waals surface area contributed by atoms with Crippen molar-refractivity contribution >= 4 is 15.9 Å². The van der Waals surface area contributed by atoms with Crippen molar-refractivity contribution in [2.45, 2.75) is 0 Å². The van der Waals surface area contributed by atoms with Crippen molar-refractivity contribution in [2.75, 3.05) is 0 Å². The molecule has 0 atom stereocenters. The second-order valence-electron chi connectivity index (χ2n) is 2.33. The van der Waals surface area contributed by atoms with Gasteiger partial charge < -0.3 is 0 Å². The minimum Gasteiger partial charge on any atom is -0.218 e. The van der Waals surface area contributed by atoms with Crippen molar-refractivity contribution in [3.8, 4) is 12.0 Å².